The Morgan fingerprint density at radius 2 is 1.97 bits per heavy atom. The Labute approximate surface area is 186 Å². The minimum Gasteiger partial charge on any atom is -0.379 e. The van der Waals surface area contributed by atoms with Crippen molar-refractivity contribution in [1.29, 1.82) is 0 Å². The third kappa shape index (κ3) is 3.93. The predicted molar refractivity (Wildman–Crippen MR) is 126 cm³/mol. The van der Waals surface area contributed by atoms with E-state index in [4.69, 9.17) is 11.2 Å². The molecule has 0 aliphatic carbocycles. The first-order valence-corrected chi connectivity index (χ1v) is 10.9. The summed E-state index contributed by atoms with van der Waals surface area (Å²) >= 11 is 0. The number of terminal acetylenes is 1. The first-order valence-electron chi connectivity index (χ1n) is 10.9. The average Bonchev–Trinajstić information content (AvgIpc) is 3.34. The molecule has 0 spiro atoms. The zero-order valence-corrected chi connectivity index (χ0v) is 18.1. The molecule has 2 fully saturated rings. The lowest BCUT2D eigenvalue weighted by molar-refractivity contribution is 0.186. The number of hydrogen-bond acceptors (Lipinski definition) is 7. The fraction of sp³-hybridized carbons (Fsp3) is 0.375. The molecule has 2 aliphatic heterocycles. The van der Waals surface area contributed by atoms with Crippen LogP contribution in [0, 0.1) is 12.3 Å². The van der Waals surface area contributed by atoms with E-state index in [1.807, 2.05) is 12.1 Å². The second-order valence-electron chi connectivity index (χ2n) is 8.32. The number of ether oxygens (including phenoxy) is 1. The molecule has 3 aromatic rings. The fourth-order valence-corrected chi connectivity index (χ4v) is 4.33. The van der Waals surface area contributed by atoms with Crippen molar-refractivity contribution in [2.24, 2.45) is 0 Å². The quantitative estimate of drug-likeness (QED) is 0.636. The zero-order chi connectivity index (χ0) is 22.1. The summed E-state index contributed by atoms with van der Waals surface area (Å²) in [5, 5.41) is 3.95. The first kappa shape index (κ1) is 20.5. The molecule has 32 heavy (non-hydrogen) atoms. The lowest BCUT2D eigenvalue weighted by Gasteiger charge is -2.34. The molecule has 2 aliphatic rings. The molecule has 2 saturated heterocycles. The van der Waals surface area contributed by atoms with Crippen molar-refractivity contribution < 1.29 is 4.74 Å². The van der Waals surface area contributed by atoms with Crippen LogP contribution >= 0.6 is 0 Å². The van der Waals surface area contributed by atoms with Gasteiger partial charge in [-0.3, -0.25) is 9.36 Å². The summed E-state index contributed by atoms with van der Waals surface area (Å²) in [4.78, 5) is 26.7. The topological polar surface area (TPSA) is 75.5 Å². The molecule has 164 valence electrons. The second-order valence-corrected chi connectivity index (χ2v) is 8.32. The van der Waals surface area contributed by atoms with Crippen LogP contribution in [-0.4, -0.2) is 65.9 Å². The second kappa shape index (κ2) is 8.61. The van der Waals surface area contributed by atoms with Gasteiger partial charge in [-0.15, -0.1) is 6.42 Å². The van der Waals surface area contributed by atoms with Gasteiger partial charge in [-0.25, -0.2) is 4.98 Å². The third-order valence-electron chi connectivity index (χ3n) is 6.21. The van der Waals surface area contributed by atoms with Crippen LogP contribution in [-0.2, 0) is 4.74 Å². The summed E-state index contributed by atoms with van der Waals surface area (Å²) in [7, 11) is 2.15. The highest BCUT2D eigenvalue weighted by molar-refractivity contribution is 5.82. The van der Waals surface area contributed by atoms with Crippen molar-refractivity contribution in [3.63, 3.8) is 0 Å². The zero-order valence-electron chi connectivity index (χ0n) is 18.1. The van der Waals surface area contributed by atoms with Crippen LogP contribution in [0.1, 0.15) is 18.0 Å². The Balaban J connectivity index is 1.44. The van der Waals surface area contributed by atoms with Crippen molar-refractivity contribution in [3.05, 3.63) is 52.4 Å². The largest absolute Gasteiger partial charge is 0.379 e. The molecule has 0 bridgehead atoms. The summed E-state index contributed by atoms with van der Waals surface area (Å²) in [5.74, 6) is 3.01. The Bertz CT molecular complexity index is 1220. The summed E-state index contributed by atoms with van der Waals surface area (Å²) in [5.41, 5.74) is 2.96. The summed E-state index contributed by atoms with van der Waals surface area (Å²) in [6.07, 6.45) is 8.09. The maximum Gasteiger partial charge on any atom is 0.253 e. The predicted octanol–water partition coefficient (Wildman–Crippen LogP) is 2.23. The molecule has 1 atom stereocenters. The molecular weight excluding hydrogens is 404 g/mol. The highest BCUT2D eigenvalue weighted by Gasteiger charge is 2.23. The number of anilines is 3. The van der Waals surface area contributed by atoms with Crippen molar-refractivity contribution in [2.75, 3.05) is 56.7 Å². The number of hydrogen-bond donors (Lipinski definition) is 1. The molecule has 1 unspecified atom stereocenters. The number of pyridine rings is 1. The first-order chi connectivity index (χ1) is 15.6. The van der Waals surface area contributed by atoms with Gasteiger partial charge in [0, 0.05) is 62.0 Å². The lowest BCUT2D eigenvalue weighted by Crippen LogP contribution is -2.44. The standard InChI is InChI=1S/C24H26N6O2/c1-3-17-14-22(31)30(20-8-13-32-16-20)23-21(17)15-25-24(27-23)26-18-4-6-19(7-5-18)29-11-9-28(2)10-12-29/h1,4-7,14-15,20H,8-13,16H2,2H3,(H,25,26,27). The fourth-order valence-electron chi connectivity index (χ4n) is 4.33. The molecule has 0 radical (unpaired) electrons. The maximum atomic E-state index is 12.8. The Morgan fingerprint density at radius 3 is 2.66 bits per heavy atom. The molecule has 0 amide bonds. The van der Waals surface area contributed by atoms with E-state index in [0.717, 1.165) is 38.3 Å². The van der Waals surface area contributed by atoms with Crippen LogP contribution in [0.2, 0.25) is 0 Å². The smallest absolute Gasteiger partial charge is 0.253 e. The van der Waals surface area contributed by atoms with Gasteiger partial charge in [0.1, 0.15) is 5.65 Å². The number of benzene rings is 1. The number of aromatic nitrogens is 3. The lowest BCUT2D eigenvalue weighted by atomic mass is 10.1. The van der Waals surface area contributed by atoms with E-state index in [2.05, 4.69) is 50.2 Å². The summed E-state index contributed by atoms with van der Waals surface area (Å²) in [6, 6.07) is 9.69. The van der Waals surface area contributed by atoms with Crippen LogP contribution < -0.4 is 15.8 Å². The van der Waals surface area contributed by atoms with Gasteiger partial charge >= 0.3 is 0 Å². The van der Waals surface area contributed by atoms with Crippen LogP contribution in [0.3, 0.4) is 0 Å². The molecule has 5 rings (SSSR count). The maximum absolute atomic E-state index is 12.8. The van der Waals surface area contributed by atoms with Crippen LogP contribution in [0.25, 0.3) is 11.0 Å². The van der Waals surface area contributed by atoms with Gasteiger partial charge in [-0.05, 0) is 37.7 Å². The van der Waals surface area contributed by atoms with Gasteiger partial charge in [0.25, 0.3) is 5.56 Å². The van der Waals surface area contributed by atoms with Gasteiger partial charge in [-0.2, -0.15) is 4.98 Å². The highest BCUT2D eigenvalue weighted by Crippen LogP contribution is 2.25. The Morgan fingerprint density at radius 1 is 1.19 bits per heavy atom. The summed E-state index contributed by atoms with van der Waals surface area (Å²) < 4.78 is 7.19. The van der Waals surface area contributed by atoms with Crippen LogP contribution in [0.15, 0.2) is 41.3 Å². The molecule has 1 aromatic carbocycles. The van der Waals surface area contributed by atoms with Crippen molar-refractivity contribution in [3.8, 4) is 12.3 Å². The third-order valence-corrected chi connectivity index (χ3v) is 6.21. The van der Waals surface area contributed by atoms with E-state index in [9.17, 15) is 4.79 Å². The van der Waals surface area contributed by atoms with Gasteiger partial charge in [0.2, 0.25) is 5.95 Å². The number of fused-ring (bicyclic) bond motifs is 1. The Hall–Kier alpha value is -3.41. The van der Waals surface area contributed by atoms with Gasteiger partial charge in [-0.1, -0.05) is 5.92 Å². The van der Waals surface area contributed by atoms with Crippen molar-refractivity contribution >= 4 is 28.4 Å². The van der Waals surface area contributed by atoms with Crippen molar-refractivity contribution in [2.45, 2.75) is 12.5 Å². The van der Waals surface area contributed by atoms with E-state index >= 15 is 0 Å². The number of piperazine rings is 1. The minimum atomic E-state index is -0.165. The van der Waals surface area contributed by atoms with Gasteiger partial charge in [0.15, 0.2) is 0 Å². The normalized spacial score (nSPS) is 19.2. The van der Waals surface area contributed by atoms with E-state index in [1.54, 1.807) is 10.8 Å². The number of nitrogens with zero attached hydrogens (tertiary/aromatic N) is 5. The van der Waals surface area contributed by atoms with E-state index in [-0.39, 0.29) is 11.6 Å². The molecule has 2 aromatic heterocycles. The molecule has 8 heteroatoms. The Kier molecular flexibility index (Phi) is 5.52. The SMILES string of the molecule is C#Cc1cc(=O)n(C2CCOC2)c2nc(Nc3ccc(N4CCN(C)CC4)cc3)ncc12. The van der Waals surface area contributed by atoms with Crippen LogP contribution in [0.5, 0.6) is 0 Å². The van der Waals surface area contributed by atoms with Crippen molar-refractivity contribution in [1.82, 2.24) is 19.4 Å². The average molecular weight is 431 g/mol. The van der Waals surface area contributed by atoms with Gasteiger partial charge < -0.3 is 19.9 Å². The van der Waals surface area contributed by atoms with E-state index in [1.165, 1.54) is 11.8 Å². The van der Waals surface area contributed by atoms with E-state index in [0.29, 0.717) is 35.8 Å². The molecule has 8 nitrogen and oxygen atoms in total. The monoisotopic (exact) mass is 430 g/mol. The number of nitrogens with one attached hydrogen (secondary N) is 1. The number of rotatable bonds is 4. The minimum absolute atomic E-state index is 0.0533. The van der Waals surface area contributed by atoms with Gasteiger partial charge in [0.05, 0.1) is 18.0 Å². The number of likely N-dealkylation sites (N-methyl/N-ethyl adjacent to an activating group) is 1. The summed E-state index contributed by atoms with van der Waals surface area (Å²) in [6.45, 7) is 5.31. The highest BCUT2D eigenvalue weighted by atomic mass is 16.5. The molecule has 4 heterocycles. The molecule has 1 N–H and O–H groups in total. The molecular formula is C24H26N6O2. The van der Waals surface area contributed by atoms with E-state index < -0.39 is 0 Å². The molecule has 0 saturated carbocycles. The van der Waals surface area contributed by atoms with Crippen LogP contribution in [0.4, 0.5) is 17.3 Å².